The molecule has 0 aliphatic carbocycles. The van der Waals surface area contributed by atoms with Crippen LogP contribution in [0, 0.1) is 6.92 Å². The summed E-state index contributed by atoms with van der Waals surface area (Å²) >= 11 is 6.15. The van der Waals surface area contributed by atoms with Crippen molar-refractivity contribution in [3.05, 3.63) is 40.7 Å². The Bertz CT molecular complexity index is 604. The molecule has 2 aromatic rings. The monoisotopic (exact) mass is 292 g/mol. The molecule has 6 heteroatoms. The zero-order valence-electron chi connectivity index (χ0n) is 11.5. The maximum Gasteiger partial charge on any atom is 0.158 e. The number of anilines is 3. The predicted octanol–water partition coefficient (Wildman–Crippen LogP) is 3.30. The van der Waals surface area contributed by atoms with Gasteiger partial charge in [0.05, 0.1) is 10.7 Å². The van der Waals surface area contributed by atoms with Gasteiger partial charge in [-0.1, -0.05) is 17.7 Å². The molecule has 0 saturated carbocycles. The van der Waals surface area contributed by atoms with Gasteiger partial charge in [-0.25, -0.2) is 9.97 Å². The predicted molar refractivity (Wildman–Crippen MR) is 81.2 cm³/mol. The van der Waals surface area contributed by atoms with Crippen molar-refractivity contribution in [2.75, 3.05) is 17.7 Å². The highest BCUT2D eigenvalue weighted by Crippen LogP contribution is 2.26. The number of nitrogens with one attached hydrogen (secondary N) is 1. The Kier molecular flexibility index (Phi) is 4.76. The first-order valence-electron chi connectivity index (χ1n) is 6.33. The molecule has 20 heavy (non-hydrogen) atoms. The van der Waals surface area contributed by atoms with Crippen LogP contribution in [0.4, 0.5) is 17.3 Å². The second kappa shape index (κ2) is 6.54. The van der Waals surface area contributed by atoms with E-state index in [1.165, 1.54) is 0 Å². The minimum absolute atomic E-state index is 0.331. The van der Waals surface area contributed by atoms with Gasteiger partial charge in [0, 0.05) is 12.7 Å². The number of halogens is 1. The SMILES string of the molecule is CCOCc1nc(N)cc(Nc2cc(C)ccc2Cl)n1. The number of nitrogens with two attached hydrogens (primary N) is 1. The molecular formula is C14H17ClN4O. The van der Waals surface area contributed by atoms with Gasteiger partial charge in [-0.05, 0) is 31.5 Å². The number of nitrogen functional groups attached to an aromatic ring is 1. The zero-order valence-corrected chi connectivity index (χ0v) is 12.2. The van der Waals surface area contributed by atoms with Gasteiger partial charge < -0.3 is 15.8 Å². The van der Waals surface area contributed by atoms with Crippen molar-refractivity contribution in [3.8, 4) is 0 Å². The van der Waals surface area contributed by atoms with E-state index < -0.39 is 0 Å². The van der Waals surface area contributed by atoms with Crippen molar-refractivity contribution in [2.45, 2.75) is 20.5 Å². The molecule has 106 valence electrons. The maximum atomic E-state index is 6.15. The van der Waals surface area contributed by atoms with Gasteiger partial charge in [0.1, 0.15) is 18.2 Å². The highest BCUT2D eigenvalue weighted by atomic mass is 35.5. The molecule has 0 saturated heterocycles. The van der Waals surface area contributed by atoms with Gasteiger partial charge in [-0.15, -0.1) is 0 Å². The largest absolute Gasteiger partial charge is 0.384 e. The van der Waals surface area contributed by atoms with Gasteiger partial charge in [-0.3, -0.25) is 0 Å². The van der Waals surface area contributed by atoms with Crippen LogP contribution in [0.3, 0.4) is 0 Å². The lowest BCUT2D eigenvalue weighted by Gasteiger charge is -2.10. The van der Waals surface area contributed by atoms with E-state index in [0.717, 1.165) is 11.3 Å². The quantitative estimate of drug-likeness (QED) is 0.884. The van der Waals surface area contributed by atoms with E-state index in [0.29, 0.717) is 35.7 Å². The number of nitrogens with zero attached hydrogens (tertiary/aromatic N) is 2. The molecule has 5 nitrogen and oxygen atoms in total. The van der Waals surface area contributed by atoms with Gasteiger partial charge >= 0.3 is 0 Å². The summed E-state index contributed by atoms with van der Waals surface area (Å²) in [5, 5.41) is 3.78. The van der Waals surface area contributed by atoms with Crippen LogP contribution in [0.2, 0.25) is 5.02 Å². The van der Waals surface area contributed by atoms with Crippen molar-refractivity contribution in [2.24, 2.45) is 0 Å². The Morgan fingerprint density at radius 2 is 2.10 bits per heavy atom. The van der Waals surface area contributed by atoms with Crippen molar-refractivity contribution in [3.63, 3.8) is 0 Å². The van der Waals surface area contributed by atoms with Crippen molar-refractivity contribution in [1.82, 2.24) is 9.97 Å². The third-order valence-electron chi connectivity index (χ3n) is 2.61. The third-order valence-corrected chi connectivity index (χ3v) is 2.94. The van der Waals surface area contributed by atoms with Crippen LogP contribution in [0.5, 0.6) is 0 Å². The highest BCUT2D eigenvalue weighted by Gasteiger charge is 2.06. The maximum absolute atomic E-state index is 6.15. The highest BCUT2D eigenvalue weighted by molar-refractivity contribution is 6.33. The molecule has 0 amide bonds. The molecule has 1 aromatic heterocycles. The second-order valence-electron chi connectivity index (χ2n) is 4.34. The van der Waals surface area contributed by atoms with Crippen molar-refractivity contribution in [1.29, 1.82) is 0 Å². The van der Waals surface area contributed by atoms with E-state index in [-0.39, 0.29) is 0 Å². The summed E-state index contributed by atoms with van der Waals surface area (Å²) in [6, 6.07) is 7.39. The minimum Gasteiger partial charge on any atom is -0.384 e. The number of benzene rings is 1. The van der Waals surface area contributed by atoms with Gasteiger partial charge in [-0.2, -0.15) is 0 Å². The molecule has 0 aliphatic rings. The molecule has 1 aromatic carbocycles. The van der Waals surface area contributed by atoms with E-state index in [2.05, 4.69) is 15.3 Å². The standard InChI is InChI=1S/C14H17ClN4O/c1-3-20-8-14-18-12(16)7-13(19-14)17-11-6-9(2)4-5-10(11)15/h4-7H,3,8H2,1-2H3,(H3,16,17,18,19). The zero-order chi connectivity index (χ0) is 14.5. The van der Waals surface area contributed by atoms with Crippen LogP contribution in [0.15, 0.2) is 24.3 Å². The Morgan fingerprint density at radius 3 is 2.85 bits per heavy atom. The Labute approximate surface area is 123 Å². The van der Waals surface area contributed by atoms with Crippen LogP contribution in [-0.4, -0.2) is 16.6 Å². The molecule has 0 bridgehead atoms. The molecule has 0 spiro atoms. The number of ether oxygens (including phenoxy) is 1. The molecule has 0 aliphatic heterocycles. The molecule has 0 fully saturated rings. The average Bonchev–Trinajstić information content (AvgIpc) is 2.40. The molecule has 3 N–H and O–H groups in total. The Morgan fingerprint density at radius 1 is 1.30 bits per heavy atom. The number of hydrogen-bond donors (Lipinski definition) is 2. The number of aromatic nitrogens is 2. The molecule has 0 atom stereocenters. The van der Waals surface area contributed by atoms with Crippen LogP contribution in [-0.2, 0) is 11.3 Å². The first-order valence-corrected chi connectivity index (χ1v) is 6.70. The molecular weight excluding hydrogens is 276 g/mol. The van der Waals surface area contributed by atoms with E-state index in [9.17, 15) is 0 Å². The summed E-state index contributed by atoms with van der Waals surface area (Å²) in [5.74, 6) is 1.53. The molecule has 0 unspecified atom stereocenters. The van der Waals surface area contributed by atoms with Crippen LogP contribution in [0.25, 0.3) is 0 Å². The fourth-order valence-corrected chi connectivity index (χ4v) is 1.88. The summed E-state index contributed by atoms with van der Waals surface area (Å²) in [7, 11) is 0. The van der Waals surface area contributed by atoms with Gasteiger partial charge in [0.15, 0.2) is 5.82 Å². The van der Waals surface area contributed by atoms with E-state index in [1.807, 2.05) is 32.0 Å². The summed E-state index contributed by atoms with van der Waals surface area (Å²) in [6.07, 6.45) is 0. The summed E-state index contributed by atoms with van der Waals surface area (Å²) in [5.41, 5.74) is 7.66. The van der Waals surface area contributed by atoms with Crippen molar-refractivity contribution >= 4 is 28.9 Å². The van der Waals surface area contributed by atoms with Gasteiger partial charge in [0.25, 0.3) is 0 Å². The third kappa shape index (κ3) is 3.82. The number of aryl methyl sites for hydroxylation is 1. The average molecular weight is 293 g/mol. The van der Waals surface area contributed by atoms with Crippen LogP contribution < -0.4 is 11.1 Å². The second-order valence-corrected chi connectivity index (χ2v) is 4.75. The number of hydrogen-bond acceptors (Lipinski definition) is 5. The Balaban J connectivity index is 2.24. The van der Waals surface area contributed by atoms with E-state index in [1.54, 1.807) is 6.07 Å². The fourth-order valence-electron chi connectivity index (χ4n) is 1.71. The van der Waals surface area contributed by atoms with Crippen molar-refractivity contribution < 1.29 is 4.74 Å². The van der Waals surface area contributed by atoms with Crippen LogP contribution >= 0.6 is 11.6 Å². The Hall–Kier alpha value is -1.85. The minimum atomic E-state index is 0.331. The van der Waals surface area contributed by atoms with E-state index >= 15 is 0 Å². The lowest BCUT2D eigenvalue weighted by Crippen LogP contribution is -2.05. The lowest BCUT2D eigenvalue weighted by atomic mass is 10.2. The molecule has 2 rings (SSSR count). The summed E-state index contributed by atoms with van der Waals surface area (Å²) in [6.45, 7) is 4.84. The normalized spacial score (nSPS) is 10.6. The van der Waals surface area contributed by atoms with Gasteiger partial charge in [0.2, 0.25) is 0 Å². The van der Waals surface area contributed by atoms with Crippen LogP contribution in [0.1, 0.15) is 18.3 Å². The first kappa shape index (κ1) is 14.6. The summed E-state index contributed by atoms with van der Waals surface area (Å²) in [4.78, 5) is 8.47. The topological polar surface area (TPSA) is 73.1 Å². The lowest BCUT2D eigenvalue weighted by molar-refractivity contribution is 0.128. The molecule has 0 radical (unpaired) electrons. The first-order chi connectivity index (χ1) is 9.58. The number of rotatable bonds is 5. The molecule has 1 heterocycles. The smallest absolute Gasteiger partial charge is 0.158 e. The summed E-state index contributed by atoms with van der Waals surface area (Å²) < 4.78 is 5.29. The fraction of sp³-hybridized carbons (Fsp3) is 0.286. The van der Waals surface area contributed by atoms with E-state index in [4.69, 9.17) is 22.1 Å².